The van der Waals surface area contributed by atoms with Crippen LogP contribution in [0, 0.1) is 10.1 Å². The fraction of sp³-hybridized carbons (Fsp3) is 0.364. The maximum Gasteiger partial charge on any atom is 0.338 e. The van der Waals surface area contributed by atoms with Gasteiger partial charge < -0.3 is 10.4 Å². The lowest BCUT2D eigenvalue weighted by atomic mass is 10.1. The molecule has 0 amide bonds. The Hall–Kier alpha value is -1.76. The molecule has 0 radical (unpaired) electrons. The Bertz CT molecular complexity index is 432. The highest BCUT2D eigenvalue weighted by atomic mass is 32.2. The van der Waals surface area contributed by atoms with Crippen LogP contribution in [-0.4, -0.2) is 34.0 Å². The first-order chi connectivity index (χ1) is 8.47. The number of carboxylic acids is 1. The highest BCUT2D eigenvalue weighted by molar-refractivity contribution is 7.99. The van der Waals surface area contributed by atoms with Crippen LogP contribution < -0.4 is 5.32 Å². The van der Waals surface area contributed by atoms with Crippen molar-refractivity contribution in [1.82, 2.24) is 0 Å². The van der Waals surface area contributed by atoms with E-state index >= 15 is 0 Å². The van der Waals surface area contributed by atoms with Gasteiger partial charge in [-0.2, -0.15) is 11.8 Å². The minimum absolute atomic E-state index is 0.0656. The molecule has 6 nitrogen and oxygen atoms in total. The van der Waals surface area contributed by atoms with Crippen LogP contribution in [-0.2, 0) is 0 Å². The van der Waals surface area contributed by atoms with Gasteiger partial charge in [-0.15, -0.1) is 0 Å². The summed E-state index contributed by atoms with van der Waals surface area (Å²) in [4.78, 5) is 21.3. The molecule has 0 aliphatic heterocycles. The molecular weight excluding hydrogens is 256 g/mol. The minimum atomic E-state index is -1.18. The van der Waals surface area contributed by atoms with Gasteiger partial charge in [0.15, 0.2) is 0 Å². The summed E-state index contributed by atoms with van der Waals surface area (Å²) in [6.07, 6.45) is 1.92. The Labute approximate surface area is 109 Å². The van der Waals surface area contributed by atoms with E-state index in [2.05, 4.69) is 5.32 Å². The first kappa shape index (κ1) is 14.3. The van der Waals surface area contributed by atoms with Crippen molar-refractivity contribution in [3.8, 4) is 0 Å². The Morgan fingerprint density at radius 2 is 2.28 bits per heavy atom. The number of thioether (sulfide) groups is 1. The molecule has 0 aliphatic rings. The molecule has 1 rings (SSSR count). The molecule has 98 valence electrons. The summed E-state index contributed by atoms with van der Waals surface area (Å²) in [5, 5.41) is 23.0. The topological polar surface area (TPSA) is 92.5 Å². The molecule has 1 aromatic rings. The molecule has 0 aliphatic carbocycles. The fourth-order valence-electron chi connectivity index (χ4n) is 1.39. The first-order valence-corrected chi connectivity index (χ1v) is 6.53. The van der Waals surface area contributed by atoms with E-state index in [-0.39, 0.29) is 22.2 Å². The summed E-state index contributed by atoms with van der Waals surface area (Å²) in [7, 11) is 0. The zero-order valence-corrected chi connectivity index (χ0v) is 10.9. The lowest BCUT2D eigenvalue weighted by molar-refractivity contribution is -0.384. The number of para-hydroxylation sites is 1. The monoisotopic (exact) mass is 270 g/mol. The maximum absolute atomic E-state index is 11.0. The molecule has 0 bridgehead atoms. The number of hydrogen-bond acceptors (Lipinski definition) is 5. The standard InChI is InChI=1S/C11H14N2O4S/c1-7(18-2)6-12-10-8(11(14)15)4-3-5-9(10)13(16)17/h3-5,7,12H,6H2,1-2H3,(H,14,15). The lowest BCUT2D eigenvalue weighted by Crippen LogP contribution is -2.16. The Balaban J connectivity index is 3.11. The molecule has 0 spiro atoms. The van der Waals surface area contributed by atoms with Gasteiger partial charge in [-0.1, -0.05) is 13.0 Å². The number of hydrogen-bond donors (Lipinski definition) is 2. The van der Waals surface area contributed by atoms with Crippen LogP contribution in [0.5, 0.6) is 0 Å². The van der Waals surface area contributed by atoms with Crippen LogP contribution in [0.15, 0.2) is 18.2 Å². The molecule has 1 aromatic carbocycles. The molecule has 0 saturated heterocycles. The van der Waals surface area contributed by atoms with E-state index in [0.717, 1.165) is 0 Å². The maximum atomic E-state index is 11.0. The zero-order valence-electron chi connectivity index (χ0n) is 10.0. The number of carbonyl (C=O) groups is 1. The van der Waals surface area contributed by atoms with Gasteiger partial charge in [-0.05, 0) is 12.3 Å². The van der Waals surface area contributed by atoms with Crippen molar-refractivity contribution in [2.75, 3.05) is 18.1 Å². The van der Waals surface area contributed by atoms with Crippen LogP contribution in [0.1, 0.15) is 17.3 Å². The molecule has 0 heterocycles. The van der Waals surface area contributed by atoms with Gasteiger partial charge in [0.1, 0.15) is 5.69 Å². The zero-order chi connectivity index (χ0) is 13.7. The van der Waals surface area contributed by atoms with Gasteiger partial charge in [0, 0.05) is 17.9 Å². The van der Waals surface area contributed by atoms with Crippen molar-refractivity contribution in [2.45, 2.75) is 12.2 Å². The van der Waals surface area contributed by atoms with Crippen molar-refractivity contribution in [2.24, 2.45) is 0 Å². The molecule has 0 fully saturated rings. The smallest absolute Gasteiger partial charge is 0.338 e. The van der Waals surface area contributed by atoms with Crippen molar-refractivity contribution >= 4 is 29.1 Å². The first-order valence-electron chi connectivity index (χ1n) is 5.24. The van der Waals surface area contributed by atoms with E-state index < -0.39 is 10.9 Å². The Kier molecular flexibility index (Phi) is 4.96. The van der Waals surface area contributed by atoms with Crippen molar-refractivity contribution in [3.05, 3.63) is 33.9 Å². The second kappa shape index (κ2) is 6.25. The number of nitro groups is 1. The molecule has 1 unspecified atom stereocenters. The molecule has 2 N–H and O–H groups in total. The van der Waals surface area contributed by atoms with Crippen LogP contribution in [0.2, 0.25) is 0 Å². The van der Waals surface area contributed by atoms with Crippen LogP contribution >= 0.6 is 11.8 Å². The van der Waals surface area contributed by atoms with E-state index in [0.29, 0.717) is 6.54 Å². The second-order valence-corrected chi connectivity index (χ2v) is 4.97. The van der Waals surface area contributed by atoms with E-state index in [1.807, 2.05) is 13.2 Å². The predicted molar refractivity (Wildman–Crippen MR) is 71.5 cm³/mol. The lowest BCUT2D eigenvalue weighted by Gasteiger charge is -2.13. The van der Waals surface area contributed by atoms with Crippen LogP contribution in [0.4, 0.5) is 11.4 Å². The number of benzene rings is 1. The summed E-state index contributed by atoms with van der Waals surface area (Å²) >= 11 is 1.59. The molecule has 7 heteroatoms. The Morgan fingerprint density at radius 1 is 1.61 bits per heavy atom. The highest BCUT2D eigenvalue weighted by Crippen LogP contribution is 2.28. The summed E-state index contributed by atoms with van der Waals surface area (Å²) in [5.41, 5.74) is -0.239. The largest absolute Gasteiger partial charge is 0.478 e. The summed E-state index contributed by atoms with van der Waals surface area (Å²) in [5.74, 6) is -1.18. The van der Waals surface area contributed by atoms with Gasteiger partial charge in [0.25, 0.3) is 5.69 Å². The van der Waals surface area contributed by atoms with Gasteiger partial charge >= 0.3 is 5.97 Å². The average Bonchev–Trinajstić information content (AvgIpc) is 2.34. The number of aromatic carboxylic acids is 1. The molecule has 1 atom stereocenters. The average molecular weight is 270 g/mol. The molecule has 18 heavy (non-hydrogen) atoms. The summed E-state index contributed by atoms with van der Waals surface area (Å²) < 4.78 is 0. The van der Waals surface area contributed by atoms with E-state index in [1.54, 1.807) is 11.8 Å². The number of nitrogens with zero attached hydrogens (tertiary/aromatic N) is 1. The van der Waals surface area contributed by atoms with Gasteiger partial charge in [0.2, 0.25) is 0 Å². The third-order valence-electron chi connectivity index (χ3n) is 2.44. The Morgan fingerprint density at radius 3 is 2.78 bits per heavy atom. The van der Waals surface area contributed by atoms with Gasteiger partial charge in [0.05, 0.1) is 10.5 Å². The van der Waals surface area contributed by atoms with Crippen LogP contribution in [0.3, 0.4) is 0 Å². The third kappa shape index (κ3) is 3.36. The predicted octanol–water partition coefficient (Wildman–Crippen LogP) is 2.46. The molecule has 0 saturated carbocycles. The number of anilines is 1. The van der Waals surface area contributed by atoms with E-state index in [1.165, 1.54) is 18.2 Å². The number of nitrogens with one attached hydrogen (secondary N) is 1. The molecular formula is C11H14N2O4S. The van der Waals surface area contributed by atoms with Gasteiger partial charge in [-0.3, -0.25) is 10.1 Å². The third-order valence-corrected chi connectivity index (χ3v) is 3.41. The van der Waals surface area contributed by atoms with Crippen molar-refractivity contribution in [1.29, 1.82) is 0 Å². The van der Waals surface area contributed by atoms with Crippen molar-refractivity contribution in [3.63, 3.8) is 0 Å². The number of nitro benzene ring substituents is 1. The SMILES string of the molecule is CSC(C)CNc1c(C(=O)O)cccc1[N+](=O)[O-]. The summed E-state index contributed by atoms with van der Waals surface area (Å²) in [6, 6.07) is 4.00. The normalized spacial score (nSPS) is 11.9. The van der Waals surface area contributed by atoms with Gasteiger partial charge in [-0.25, -0.2) is 4.79 Å². The van der Waals surface area contributed by atoms with Crippen LogP contribution in [0.25, 0.3) is 0 Å². The van der Waals surface area contributed by atoms with E-state index in [4.69, 9.17) is 5.11 Å². The number of rotatable bonds is 6. The quantitative estimate of drug-likeness (QED) is 0.609. The van der Waals surface area contributed by atoms with E-state index in [9.17, 15) is 14.9 Å². The summed E-state index contributed by atoms with van der Waals surface area (Å²) in [6.45, 7) is 2.42. The second-order valence-electron chi connectivity index (χ2n) is 3.69. The number of carboxylic acid groups (broad SMARTS) is 1. The van der Waals surface area contributed by atoms with Crippen molar-refractivity contribution < 1.29 is 14.8 Å². The fourth-order valence-corrected chi connectivity index (χ4v) is 1.64. The highest BCUT2D eigenvalue weighted by Gasteiger charge is 2.21. The molecule has 0 aromatic heterocycles. The minimum Gasteiger partial charge on any atom is -0.478 e.